The van der Waals surface area contributed by atoms with Gasteiger partial charge in [-0.3, -0.25) is 4.79 Å². The van der Waals surface area contributed by atoms with E-state index >= 15 is 0 Å². The molecule has 0 aromatic heterocycles. The smallest absolute Gasteiger partial charge is 0.242 e. The van der Waals surface area contributed by atoms with Crippen LogP contribution in [0, 0.1) is 5.92 Å². The predicted octanol–water partition coefficient (Wildman–Crippen LogP) is 2.74. The van der Waals surface area contributed by atoms with Gasteiger partial charge in [0.2, 0.25) is 5.91 Å². The minimum absolute atomic E-state index is 0.125. The van der Waals surface area contributed by atoms with Gasteiger partial charge < -0.3 is 20.3 Å². The number of carbonyl (C=O) groups excluding carboxylic acids is 1. The number of amides is 1. The summed E-state index contributed by atoms with van der Waals surface area (Å²) in [5.74, 6) is 1.50. The van der Waals surface area contributed by atoms with Gasteiger partial charge in [-0.15, -0.1) is 0 Å². The van der Waals surface area contributed by atoms with Crippen LogP contribution >= 0.6 is 11.6 Å². The minimum atomic E-state index is 0.125. The van der Waals surface area contributed by atoms with Gasteiger partial charge in [0.1, 0.15) is 12.4 Å². The summed E-state index contributed by atoms with van der Waals surface area (Å²) in [7, 11) is 0. The third kappa shape index (κ3) is 3.75. The van der Waals surface area contributed by atoms with Crippen LogP contribution in [-0.4, -0.2) is 50.1 Å². The Kier molecular flexibility index (Phi) is 5.23. The van der Waals surface area contributed by atoms with Gasteiger partial charge in [0.15, 0.2) is 0 Å². The maximum atomic E-state index is 13.0. The van der Waals surface area contributed by atoms with Crippen molar-refractivity contribution in [3.63, 3.8) is 0 Å². The molecule has 142 valence electrons. The SMILES string of the molecule is NC[C@@H]1CN(C(=O)CN2CCOc3ccc(Cl)cc32)C[C@H]1c1ccccc1. The van der Waals surface area contributed by atoms with Crippen LogP contribution in [0.2, 0.25) is 5.02 Å². The van der Waals surface area contributed by atoms with Crippen LogP contribution in [0.4, 0.5) is 5.69 Å². The molecule has 0 aliphatic carbocycles. The standard InChI is InChI=1S/C21H24ClN3O2/c22-17-6-7-20-19(10-17)24(8-9-27-20)14-21(26)25-12-16(11-23)18(13-25)15-4-2-1-3-5-15/h1-7,10,16,18H,8-9,11-14,23H2/t16-,18+/m1/s1. The number of rotatable bonds is 4. The van der Waals surface area contributed by atoms with Gasteiger partial charge in [-0.25, -0.2) is 0 Å². The number of nitrogens with zero attached hydrogens (tertiary/aromatic N) is 2. The van der Waals surface area contributed by atoms with Gasteiger partial charge in [-0.05, 0) is 36.2 Å². The van der Waals surface area contributed by atoms with Crippen LogP contribution in [0.15, 0.2) is 48.5 Å². The van der Waals surface area contributed by atoms with E-state index in [1.165, 1.54) is 5.56 Å². The quantitative estimate of drug-likeness (QED) is 0.879. The molecular weight excluding hydrogens is 362 g/mol. The molecule has 2 N–H and O–H groups in total. The van der Waals surface area contributed by atoms with Crippen molar-refractivity contribution in [3.05, 3.63) is 59.1 Å². The van der Waals surface area contributed by atoms with Crippen molar-refractivity contribution in [2.24, 2.45) is 11.7 Å². The van der Waals surface area contributed by atoms with E-state index in [1.54, 1.807) is 0 Å². The molecule has 0 spiro atoms. The third-order valence-corrected chi connectivity index (χ3v) is 5.77. The molecule has 2 aromatic carbocycles. The maximum absolute atomic E-state index is 13.0. The zero-order valence-electron chi connectivity index (χ0n) is 15.2. The van der Waals surface area contributed by atoms with E-state index in [4.69, 9.17) is 22.1 Å². The van der Waals surface area contributed by atoms with Crippen molar-refractivity contribution >= 4 is 23.2 Å². The van der Waals surface area contributed by atoms with Gasteiger partial charge in [0, 0.05) is 24.0 Å². The van der Waals surface area contributed by atoms with Crippen molar-refractivity contribution in [1.82, 2.24) is 4.90 Å². The summed E-state index contributed by atoms with van der Waals surface area (Å²) in [5, 5.41) is 0.644. The fourth-order valence-electron chi connectivity index (χ4n) is 4.07. The molecule has 6 heteroatoms. The van der Waals surface area contributed by atoms with Crippen LogP contribution in [0.25, 0.3) is 0 Å². The highest BCUT2D eigenvalue weighted by Crippen LogP contribution is 2.35. The highest BCUT2D eigenvalue weighted by Gasteiger charge is 2.36. The number of fused-ring (bicyclic) bond motifs is 1. The largest absolute Gasteiger partial charge is 0.490 e. The molecule has 0 bridgehead atoms. The molecule has 5 nitrogen and oxygen atoms in total. The Labute approximate surface area is 164 Å². The molecule has 0 saturated carbocycles. The molecule has 4 rings (SSSR count). The van der Waals surface area contributed by atoms with Crippen LogP contribution in [0.3, 0.4) is 0 Å². The van der Waals surface area contributed by atoms with E-state index in [2.05, 4.69) is 17.0 Å². The van der Waals surface area contributed by atoms with Crippen LogP contribution in [0.1, 0.15) is 11.5 Å². The molecule has 27 heavy (non-hydrogen) atoms. The van der Waals surface area contributed by atoms with E-state index < -0.39 is 0 Å². The second-order valence-corrected chi connectivity index (χ2v) is 7.63. The van der Waals surface area contributed by atoms with E-state index in [0.29, 0.717) is 49.6 Å². The molecular formula is C21H24ClN3O2. The molecule has 1 amide bonds. The Hall–Kier alpha value is -2.24. The lowest BCUT2D eigenvalue weighted by Crippen LogP contribution is -2.42. The summed E-state index contributed by atoms with van der Waals surface area (Å²) in [6, 6.07) is 15.9. The van der Waals surface area contributed by atoms with Crippen molar-refractivity contribution in [2.75, 3.05) is 44.2 Å². The lowest BCUT2D eigenvalue weighted by Gasteiger charge is -2.32. The van der Waals surface area contributed by atoms with Gasteiger partial charge in [0.25, 0.3) is 0 Å². The summed E-state index contributed by atoms with van der Waals surface area (Å²) < 4.78 is 5.68. The number of anilines is 1. The van der Waals surface area contributed by atoms with Crippen LogP contribution in [-0.2, 0) is 4.79 Å². The lowest BCUT2D eigenvalue weighted by atomic mass is 9.89. The number of hydrogen-bond acceptors (Lipinski definition) is 4. The third-order valence-electron chi connectivity index (χ3n) is 5.53. The minimum Gasteiger partial charge on any atom is -0.490 e. The summed E-state index contributed by atoms with van der Waals surface area (Å²) >= 11 is 6.14. The Morgan fingerprint density at radius 3 is 2.78 bits per heavy atom. The van der Waals surface area contributed by atoms with Crippen LogP contribution < -0.4 is 15.4 Å². The predicted molar refractivity (Wildman–Crippen MR) is 107 cm³/mol. The highest BCUT2D eigenvalue weighted by molar-refractivity contribution is 6.31. The Bertz CT molecular complexity index is 814. The molecule has 2 aliphatic heterocycles. The van der Waals surface area contributed by atoms with Gasteiger partial charge in [-0.2, -0.15) is 0 Å². The number of nitrogens with two attached hydrogens (primary N) is 1. The van der Waals surface area contributed by atoms with Crippen LogP contribution in [0.5, 0.6) is 5.75 Å². The summed E-state index contributed by atoms with van der Waals surface area (Å²) in [6.07, 6.45) is 0. The van der Waals surface area contributed by atoms with Crippen molar-refractivity contribution < 1.29 is 9.53 Å². The van der Waals surface area contributed by atoms with Crippen molar-refractivity contribution in [1.29, 1.82) is 0 Å². The molecule has 0 unspecified atom stereocenters. The second-order valence-electron chi connectivity index (χ2n) is 7.19. The van der Waals surface area contributed by atoms with Crippen molar-refractivity contribution in [3.8, 4) is 5.75 Å². The number of carbonyl (C=O) groups is 1. The number of ether oxygens (including phenoxy) is 1. The maximum Gasteiger partial charge on any atom is 0.242 e. The van der Waals surface area contributed by atoms with E-state index in [0.717, 1.165) is 18.0 Å². The zero-order valence-corrected chi connectivity index (χ0v) is 15.9. The molecule has 1 fully saturated rings. The van der Waals surface area contributed by atoms with Crippen molar-refractivity contribution in [2.45, 2.75) is 5.92 Å². The second kappa shape index (κ2) is 7.79. The fraction of sp³-hybridized carbons (Fsp3) is 0.381. The first-order valence-corrected chi connectivity index (χ1v) is 9.73. The number of hydrogen-bond donors (Lipinski definition) is 1. The monoisotopic (exact) mass is 385 g/mol. The summed E-state index contributed by atoms with van der Waals surface area (Å²) in [4.78, 5) is 17.0. The molecule has 2 aromatic rings. The Balaban J connectivity index is 1.48. The van der Waals surface area contributed by atoms with Gasteiger partial charge in [-0.1, -0.05) is 41.9 Å². The topological polar surface area (TPSA) is 58.8 Å². The highest BCUT2D eigenvalue weighted by atomic mass is 35.5. The van der Waals surface area contributed by atoms with E-state index in [9.17, 15) is 4.79 Å². The number of benzene rings is 2. The van der Waals surface area contributed by atoms with Gasteiger partial charge in [0.05, 0.1) is 18.8 Å². The average Bonchev–Trinajstić information content (AvgIpc) is 3.14. The van der Waals surface area contributed by atoms with E-state index in [1.807, 2.05) is 41.3 Å². The lowest BCUT2D eigenvalue weighted by molar-refractivity contribution is -0.128. The Morgan fingerprint density at radius 1 is 1.19 bits per heavy atom. The molecule has 0 radical (unpaired) electrons. The fourth-order valence-corrected chi connectivity index (χ4v) is 4.23. The molecule has 2 aliphatic rings. The first-order valence-electron chi connectivity index (χ1n) is 9.36. The number of likely N-dealkylation sites (tertiary alicyclic amines) is 1. The normalized spacial score (nSPS) is 21.7. The number of halogens is 1. The Morgan fingerprint density at radius 2 is 2.00 bits per heavy atom. The molecule has 2 heterocycles. The first-order chi connectivity index (χ1) is 13.2. The zero-order chi connectivity index (χ0) is 18.8. The first kappa shape index (κ1) is 18.1. The van der Waals surface area contributed by atoms with Gasteiger partial charge >= 0.3 is 0 Å². The molecule has 2 atom stereocenters. The molecule has 1 saturated heterocycles. The summed E-state index contributed by atoms with van der Waals surface area (Å²) in [5.41, 5.74) is 8.15. The average molecular weight is 386 g/mol. The summed E-state index contributed by atoms with van der Waals surface area (Å²) in [6.45, 7) is 3.59. The van der Waals surface area contributed by atoms with E-state index in [-0.39, 0.29) is 5.91 Å².